The van der Waals surface area contributed by atoms with Crippen molar-refractivity contribution < 1.29 is 9.47 Å². The van der Waals surface area contributed by atoms with E-state index in [9.17, 15) is 0 Å². The Kier molecular flexibility index (Phi) is 11.0. The zero-order valence-corrected chi connectivity index (χ0v) is 47.0. The number of nitrogens with zero attached hydrogens (tertiary/aromatic N) is 2. The first-order valence-electron chi connectivity index (χ1n) is 29.2. The van der Waals surface area contributed by atoms with Crippen molar-refractivity contribution in [1.82, 2.24) is 0 Å². The van der Waals surface area contributed by atoms with Crippen molar-refractivity contribution in [2.75, 3.05) is 9.80 Å². The summed E-state index contributed by atoms with van der Waals surface area (Å²) in [4.78, 5) is 4.88. The number of hydrogen-bond acceptors (Lipinski definition) is 4. The standard InChI is InChI=1S/C79H60N2O2/c1-77(2)65-25-13-11-23-61(65)63-43-39-57(47-69(63)77)80(55-35-31-53(32-36-55)51-19-7-5-8-20-51)59-41-45-75-71(49-59)79(67-27-15-17-29-73(67)82-74-30-18-16-28-68(74)79)72-50-60(42-46-76(72)83-75)81(56-37-33-54(34-38-56)52-21-9-6-10-22-52)58-40-44-64-62-24-12-14-26-66(62)78(3,4)70(64)48-58/h5-9,11-21,23-50H,10,22H2,1-4H3. The van der Waals surface area contributed by atoms with Crippen LogP contribution in [0.5, 0.6) is 23.0 Å². The van der Waals surface area contributed by atoms with Crippen molar-refractivity contribution in [3.05, 3.63) is 317 Å². The summed E-state index contributed by atoms with van der Waals surface area (Å²) in [6.07, 6.45) is 8.79. The van der Waals surface area contributed by atoms with Gasteiger partial charge < -0.3 is 19.3 Å². The second-order valence-electron chi connectivity index (χ2n) is 23.9. The van der Waals surface area contributed by atoms with Crippen molar-refractivity contribution in [3.8, 4) is 56.4 Å². The topological polar surface area (TPSA) is 24.9 Å². The average molecular weight is 1070 g/mol. The van der Waals surface area contributed by atoms with E-state index in [1.165, 1.54) is 61.2 Å². The fourth-order valence-electron chi connectivity index (χ4n) is 14.6. The summed E-state index contributed by atoms with van der Waals surface area (Å²) in [7, 11) is 0. The third-order valence-corrected chi connectivity index (χ3v) is 18.7. The van der Waals surface area contributed by atoms with Crippen molar-refractivity contribution >= 4 is 39.7 Å². The number of anilines is 6. The molecule has 1 spiro atoms. The molecule has 0 bridgehead atoms. The van der Waals surface area contributed by atoms with E-state index in [4.69, 9.17) is 9.47 Å². The maximum atomic E-state index is 7.33. The van der Waals surface area contributed by atoms with Gasteiger partial charge in [0.15, 0.2) is 0 Å². The largest absolute Gasteiger partial charge is 0.457 e. The van der Waals surface area contributed by atoms with Crippen LogP contribution in [0.2, 0.25) is 0 Å². The minimum Gasteiger partial charge on any atom is -0.457 e. The lowest BCUT2D eigenvalue weighted by Gasteiger charge is -2.45. The van der Waals surface area contributed by atoms with Crippen LogP contribution < -0.4 is 19.3 Å². The summed E-state index contributed by atoms with van der Waals surface area (Å²) in [6, 6.07) is 91.7. The number of para-hydroxylation sites is 2. The number of ether oxygens (including phenoxy) is 2. The van der Waals surface area contributed by atoms with Gasteiger partial charge in [-0.1, -0.05) is 198 Å². The second kappa shape index (κ2) is 18.6. The van der Waals surface area contributed by atoms with E-state index in [0.29, 0.717) is 0 Å². The van der Waals surface area contributed by atoms with Gasteiger partial charge in [-0.3, -0.25) is 0 Å². The molecular weight excluding hydrogens is 1010 g/mol. The maximum absolute atomic E-state index is 7.33. The maximum Gasteiger partial charge on any atom is 0.132 e. The van der Waals surface area contributed by atoms with Crippen LogP contribution in [0, 0.1) is 0 Å². The number of fused-ring (bicyclic) bond motifs is 14. The van der Waals surface area contributed by atoms with E-state index >= 15 is 0 Å². The monoisotopic (exact) mass is 1070 g/mol. The van der Waals surface area contributed by atoms with Crippen LogP contribution in [0.15, 0.2) is 267 Å². The Morgan fingerprint density at radius 2 is 0.687 bits per heavy atom. The molecule has 0 atom stereocenters. The van der Waals surface area contributed by atoms with E-state index < -0.39 is 5.41 Å². The third kappa shape index (κ3) is 7.45. The number of hydrogen-bond donors (Lipinski definition) is 0. The zero-order valence-electron chi connectivity index (χ0n) is 47.0. The van der Waals surface area contributed by atoms with Gasteiger partial charge in [-0.2, -0.15) is 0 Å². The summed E-state index contributed by atoms with van der Waals surface area (Å²) < 4.78 is 14.3. The molecule has 4 nitrogen and oxygen atoms in total. The highest BCUT2D eigenvalue weighted by molar-refractivity contribution is 5.90. The van der Waals surface area contributed by atoms with E-state index in [2.05, 4.69) is 304 Å². The van der Waals surface area contributed by atoms with Gasteiger partial charge in [-0.25, -0.2) is 0 Å². The van der Waals surface area contributed by atoms with Gasteiger partial charge in [-0.15, -0.1) is 0 Å². The summed E-state index contributed by atoms with van der Waals surface area (Å²) >= 11 is 0. The molecule has 11 aromatic rings. The molecule has 0 unspecified atom stereocenters. The molecule has 11 aromatic carbocycles. The van der Waals surface area contributed by atoms with Crippen LogP contribution >= 0.6 is 0 Å². The highest BCUT2D eigenvalue weighted by atomic mass is 16.5. The Bertz CT molecular complexity index is 4460. The van der Waals surface area contributed by atoms with E-state index in [-0.39, 0.29) is 10.8 Å². The van der Waals surface area contributed by atoms with Crippen molar-refractivity contribution in [2.45, 2.75) is 56.8 Å². The first-order valence-corrected chi connectivity index (χ1v) is 29.2. The van der Waals surface area contributed by atoms with E-state index in [1.54, 1.807) is 0 Å². The van der Waals surface area contributed by atoms with E-state index in [0.717, 1.165) is 97.8 Å². The molecule has 16 rings (SSSR count). The minimum atomic E-state index is -0.900. The number of benzene rings is 11. The van der Waals surface area contributed by atoms with Gasteiger partial charge in [0.05, 0.1) is 5.41 Å². The van der Waals surface area contributed by atoms with Gasteiger partial charge in [0.2, 0.25) is 0 Å². The molecule has 0 radical (unpaired) electrons. The van der Waals surface area contributed by atoms with Crippen molar-refractivity contribution in [1.29, 1.82) is 0 Å². The molecule has 0 saturated heterocycles. The molecule has 5 aliphatic rings. The molecule has 0 N–H and O–H groups in total. The van der Waals surface area contributed by atoms with E-state index in [1.807, 2.05) is 0 Å². The number of rotatable bonds is 8. The Hall–Kier alpha value is -9.90. The molecule has 398 valence electrons. The lowest BCUT2D eigenvalue weighted by atomic mass is 9.62. The molecule has 3 aliphatic carbocycles. The SMILES string of the molecule is CC1(C)c2ccccc2-c2ccc(N(c3ccc(C4=CC=CCC4)cc3)c3ccc4c(c3)C3(c5ccccc5Oc5ccccc53)c3cc(N(c5ccc(-c6ccccc6)cc5)c5ccc6c(c5)C(C)(C)c5ccccc5-6)ccc3O4)cc21. The summed E-state index contributed by atoms with van der Waals surface area (Å²) in [5, 5.41) is 0. The first-order chi connectivity index (χ1) is 40.6. The zero-order chi connectivity index (χ0) is 55.6. The molecule has 0 fully saturated rings. The lowest BCUT2D eigenvalue weighted by molar-refractivity contribution is 0.399. The van der Waals surface area contributed by atoms with Gasteiger partial charge >= 0.3 is 0 Å². The van der Waals surface area contributed by atoms with Crippen LogP contribution in [0.25, 0.3) is 39.0 Å². The fourth-order valence-corrected chi connectivity index (χ4v) is 14.6. The number of allylic oxidation sites excluding steroid dienone is 4. The minimum absolute atomic E-state index is 0.193. The fraction of sp³-hybridized carbons (Fsp3) is 0.114. The van der Waals surface area contributed by atoms with Crippen molar-refractivity contribution in [2.24, 2.45) is 0 Å². The summed E-state index contributed by atoms with van der Waals surface area (Å²) in [6.45, 7) is 9.45. The first kappa shape index (κ1) is 49.0. The highest BCUT2D eigenvalue weighted by Gasteiger charge is 2.51. The van der Waals surface area contributed by atoms with Gasteiger partial charge in [0, 0.05) is 67.2 Å². The van der Waals surface area contributed by atoms with Crippen LogP contribution in [-0.4, -0.2) is 0 Å². The molecular formula is C79H60N2O2. The molecule has 2 aliphatic heterocycles. The Labute approximate surface area is 486 Å². The smallest absolute Gasteiger partial charge is 0.132 e. The predicted molar refractivity (Wildman–Crippen MR) is 341 cm³/mol. The van der Waals surface area contributed by atoms with Gasteiger partial charge in [-0.05, 0) is 177 Å². The van der Waals surface area contributed by atoms with Crippen LogP contribution in [0.3, 0.4) is 0 Å². The second-order valence-corrected chi connectivity index (χ2v) is 23.9. The molecule has 4 heteroatoms. The lowest BCUT2D eigenvalue weighted by Crippen LogP contribution is -2.37. The Balaban J connectivity index is 0.917. The van der Waals surface area contributed by atoms with Crippen LogP contribution in [0.1, 0.15) is 90.6 Å². The Morgan fingerprint density at radius 1 is 0.313 bits per heavy atom. The quantitative estimate of drug-likeness (QED) is 0.151. The summed E-state index contributed by atoms with van der Waals surface area (Å²) in [5.74, 6) is 3.22. The van der Waals surface area contributed by atoms with Crippen molar-refractivity contribution in [3.63, 3.8) is 0 Å². The van der Waals surface area contributed by atoms with Crippen LogP contribution in [0.4, 0.5) is 34.1 Å². The molecule has 0 saturated carbocycles. The third-order valence-electron chi connectivity index (χ3n) is 18.7. The summed E-state index contributed by atoms with van der Waals surface area (Å²) in [5.41, 5.74) is 24.7. The van der Waals surface area contributed by atoms with Gasteiger partial charge in [0.25, 0.3) is 0 Å². The normalized spacial score (nSPS) is 15.4. The molecule has 2 heterocycles. The molecule has 0 amide bonds. The average Bonchev–Trinajstić information content (AvgIpc) is 1.80. The van der Waals surface area contributed by atoms with Crippen LogP contribution in [-0.2, 0) is 16.2 Å². The Morgan fingerprint density at radius 3 is 1.17 bits per heavy atom. The molecule has 0 aromatic heterocycles. The molecule has 83 heavy (non-hydrogen) atoms. The highest BCUT2D eigenvalue weighted by Crippen LogP contribution is 2.63. The predicted octanol–water partition coefficient (Wildman–Crippen LogP) is 21.2. The van der Waals surface area contributed by atoms with Gasteiger partial charge in [0.1, 0.15) is 23.0 Å².